The number of nitrogens with zero attached hydrogens (tertiary/aromatic N) is 2. The average Bonchev–Trinajstić information content (AvgIpc) is 3.30. The number of hydrogen-bond acceptors (Lipinski definition) is 3. The van der Waals surface area contributed by atoms with E-state index in [1.807, 2.05) is 24.3 Å². The van der Waals surface area contributed by atoms with Gasteiger partial charge in [0.15, 0.2) is 0 Å². The van der Waals surface area contributed by atoms with Crippen molar-refractivity contribution in [1.29, 1.82) is 0 Å². The van der Waals surface area contributed by atoms with Gasteiger partial charge in [0.1, 0.15) is 6.04 Å². The number of rotatable bonds is 5. The molecule has 0 spiro atoms. The van der Waals surface area contributed by atoms with Gasteiger partial charge in [-0.25, -0.2) is 9.69 Å². The Labute approximate surface area is 164 Å². The molecule has 4 amide bonds. The highest BCUT2D eigenvalue weighted by molar-refractivity contribution is 6.22. The molecule has 2 aromatic carbocycles. The fourth-order valence-electron chi connectivity index (χ4n) is 4.11. The average molecular weight is 377 g/mol. The van der Waals surface area contributed by atoms with Gasteiger partial charge in [0.2, 0.25) is 5.91 Å². The van der Waals surface area contributed by atoms with E-state index in [9.17, 15) is 14.4 Å². The van der Waals surface area contributed by atoms with Gasteiger partial charge in [-0.15, -0.1) is 0 Å². The zero-order valence-electron chi connectivity index (χ0n) is 15.6. The lowest BCUT2D eigenvalue weighted by Gasteiger charge is -2.27. The largest absolute Gasteiger partial charge is 0.332 e. The second-order valence-electron chi connectivity index (χ2n) is 7.27. The topological polar surface area (TPSA) is 69.7 Å². The number of nitrogens with one attached hydrogen (secondary N) is 1. The van der Waals surface area contributed by atoms with E-state index in [1.165, 1.54) is 4.90 Å². The maximum absolute atomic E-state index is 13.2. The lowest BCUT2D eigenvalue weighted by Crippen LogP contribution is -2.43. The molecule has 1 heterocycles. The number of para-hydroxylation sites is 2. The van der Waals surface area contributed by atoms with E-state index in [0.29, 0.717) is 11.4 Å². The third-order valence-electron chi connectivity index (χ3n) is 5.42. The summed E-state index contributed by atoms with van der Waals surface area (Å²) in [6, 6.07) is 17.0. The van der Waals surface area contributed by atoms with Crippen LogP contribution in [0.3, 0.4) is 0 Å². The lowest BCUT2D eigenvalue weighted by molar-refractivity contribution is -0.124. The van der Waals surface area contributed by atoms with Crippen molar-refractivity contribution in [2.45, 2.75) is 44.2 Å². The van der Waals surface area contributed by atoms with Crippen molar-refractivity contribution < 1.29 is 14.4 Å². The first kappa shape index (κ1) is 18.2. The van der Waals surface area contributed by atoms with Crippen molar-refractivity contribution in [1.82, 2.24) is 4.90 Å². The molecule has 1 saturated heterocycles. The molecule has 6 heteroatoms. The smallest absolute Gasteiger partial charge is 0.326 e. The molecule has 0 bridgehead atoms. The second kappa shape index (κ2) is 7.84. The minimum atomic E-state index is -0.764. The zero-order chi connectivity index (χ0) is 19.5. The molecule has 1 aliphatic carbocycles. The molecule has 1 aliphatic heterocycles. The normalized spacial score (nSPS) is 20.1. The monoisotopic (exact) mass is 377 g/mol. The van der Waals surface area contributed by atoms with Gasteiger partial charge in [0.05, 0.1) is 12.1 Å². The summed E-state index contributed by atoms with van der Waals surface area (Å²) >= 11 is 0. The summed E-state index contributed by atoms with van der Waals surface area (Å²) in [6.07, 6.45) is 3.78. The van der Waals surface area contributed by atoms with Crippen LogP contribution in [0.15, 0.2) is 60.7 Å². The van der Waals surface area contributed by atoms with Gasteiger partial charge in [0, 0.05) is 11.7 Å². The maximum atomic E-state index is 13.2. The molecule has 6 nitrogen and oxygen atoms in total. The molecule has 28 heavy (non-hydrogen) atoms. The van der Waals surface area contributed by atoms with Crippen LogP contribution in [0.5, 0.6) is 0 Å². The number of amides is 4. The van der Waals surface area contributed by atoms with Crippen LogP contribution in [0.4, 0.5) is 16.2 Å². The Morgan fingerprint density at radius 2 is 1.54 bits per heavy atom. The molecule has 1 N–H and O–H groups in total. The van der Waals surface area contributed by atoms with E-state index in [4.69, 9.17) is 0 Å². The first-order chi connectivity index (χ1) is 13.6. The molecule has 2 aromatic rings. The fourth-order valence-corrected chi connectivity index (χ4v) is 4.11. The van der Waals surface area contributed by atoms with E-state index in [0.717, 1.165) is 25.7 Å². The van der Waals surface area contributed by atoms with Crippen molar-refractivity contribution in [2.24, 2.45) is 0 Å². The second-order valence-corrected chi connectivity index (χ2v) is 7.27. The molecule has 0 aromatic heterocycles. The number of carbonyl (C=O) groups excluding carboxylic acids is 3. The Kier molecular flexibility index (Phi) is 5.10. The predicted octanol–water partition coefficient (Wildman–Crippen LogP) is 3.80. The van der Waals surface area contributed by atoms with Gasteiger partial charge < -0.3 is 10.2 Å². The number of carbonyl (C=O) groups is 3. The molecule has 144 valence electrons. The van der Waals surface area contributed by atoms with E-state index < -0.39 is 6.04 Å². The van der Waals surface area contributed by atoms with Crippen molar-refractivity contribution in [3.8, 4) is 0 Å². The van der Waals surface area contributed by atoms with Gasteiger partial charge in [-0.1, -0.05) is 49.2 Å². The fraction of sp³-hybridized carbons (Fsp3) is 0.318. The molecule has 2 fully saturated rings. The summed E-state index contributed by atoms with van der Waals surface area (Å²) in [5.74, 6) is -0.596. The van der Waals surface area contributed by atoms with Crippen LogP contribution in [0.2, 0.25) is 0 Å². The van der Waals surface area contributed by atoms with Gasteiger partial charge in [-0.3, -0.25) is 9.59 Å². The first-order valence-corrected chi connectivity index (χ1v) is 9.71. The summed E-state index contributed by atoms with van der Waals surface area (Å²) < 4.78 is 0. The number of imide groups is 1. The first-order valence-electron chi connectivity index (χ1n) is 9.71. The number of hydrogen-bond donors (Lipinski definition) is 1. The van der Waals surface area contributed by atoms with E-state index in [1.54, 1.807) is 41.3 Å². The highest BCUT2D eigenvalue weighted by atomic mass is 16.2. The van der Waals surface area contributed by atoms with Crippen molar-refractivity contribution in [3.63, 3.8) is 0 Å². The van der Waals surface area contributed by atoms with Crippen LogP contribution < -0.4 is 10.2 Å². The van der Waals surface area contributed by atoms with E-state index in [2.05, 4.69) is 5.32 Å². The number of urea groups is 1. The van der Waals surface area contributed by atoms with Crippen LogP contribution in [-0.2, 0) is 9.59 Å². The third-order valence-corrected chi connectivity index (χ3v) is 5.42. The Bertz CT molecular complexity index is 863. The van der Waals surface area contributed by atoms with Crippen LogP contribution in [-0.4, -0.2) is 34.8 Å². The Balaban J connectivity index is 1.58. The minimum absolute atomic E-state index is 0.0136. The van der Waals surface area contributed by atoms with Crippen molar-refractivity contribution in [2.75, 3.05) is 10.2 Å². The van der Waals surface area contributed by atoms with Crippen LogP contribution in [0, 0.1) is 0 Å². The highest BCUT2D eigenvalue weighted by Crippen LogP contribution is 2.34. The Morgan fingerprint density at radius 3 is 2.18 bits per heavy atom. The molecule has 1 atom stereocenters. The number of anilines is 2. The summed E-state index contributed by atoms with van der Waals surface area (Å²) in [5.41, 5.74) is 1.23. The van der Waals surface area contributed by atoms with Crippen LogP contribution in [0.25, 0.3) is 0 Å². The molecule has 1 saturated carbocycles. The van der Waals surface area contributed by atoms with Gasteiger partial charge in [-0.05, 0) is 37.1 Å². The minimum Gasteiger partial charge on any atom is -0.326 e. The summed E-state index contributed by atoms with van der Waals surface area (Å²) in [4.78, 5) is 41.8. The molecule has 1 unspecified atom stereocenters. The highest BCUT2D eigenvalue weighted by Gasteiger charge is 2.49. The molecule has 0 radical (unpaired) electrons. The van der Waals surface area contributed by atoms with Crippen LogP contribution >= 0.6 is 0 Å². The van der Waals surface area contributed by atoms with Gasteiger partial charge >= 0.3 is 6.03 Å². The predicted molar refractivity (Wildman–Crippen MR) is 107 cm³/mol. The third kappa shape index (κ3) is 3.50. The van der Waals surface area contributed by atoms with Gasteiger partial charge in [0.25, 0.3) is 5.91 Å². The molecule has 2 aliphatic rings. The van der Waals surface area contributed by atoms with Crippen molar-refractivity contribution in [3.05, 3.63) is 60.7 Å². The number of benzene rings is 2. The van der Waals surface area contributed by atoms with E-state index in [-0.39, 0.29) is 30.3 Å². The Hall–Kier alpha value is -3.15. The van der Waals surface area contributed by atoms with Crippen LogP contribution in [0.1, 0.15) is 32.1 Å². The molecular formula is C22H23N3O3. The zero-order valence-corrected chi connectivity index (χ0v) is 15.6. The van der Waals surface area contributed by atoms with Gasteiger partial charge in [-0.2, -0.15) is 0 Å². The maximum Gasteiger partial charge on any atom is 0.332 e. The SMILES string of the molecule is O=C(CC1C(=O)N(c2ccccc2)C(=O)N1C1CCCC1)Nc1ccccc1. The van der Waals surface area contributed by atoms with Crippen molar-refractivity contribution >= 4 is 29.2 Å². The lowest BCUT2D eigenvalue weighted by atomic mass is 10.1. The standard InChI is InChI=1S/C22H23N3O3/c26-20(23-16-9-3-1-4-10-16)15-19-21(27)25(18-11-5-2-6-12-18)22(28)24(19)17-13-7-8-14-17/h1-6,9-12,17,19H,7-8,13-15H2,(H,23,26). The quantitative estimate of drug-likeness (QED) is 0.806. The summed E-state index contributed by atoms with van der Waals surface area (Å²) in [5, 5.41) is 2.82. The molecular weight excluding hydrogens is 354 g/mol. The van der Waals surface area contributed by atoms with E-state index >= 15 is 0 Å². The summed E-state index contributed by atoms with van der Waals surface area (Å²) in [6.45, 7) is 0. The molecule has 4 rings (SSSR count). The summed E-state index contributed by atoms with van der Waals surface area (Å²) in [7, 11) is 0. The Morgan fingerprint density at radius 1 is 0.929 bits per heavy atom.